The molecule has 0 radical (unpaired) electrons. The Bertz CT molecular complexity index is 1030. The molecule has 1 N–H and O–H groups in total. The molecule has 0 saturated carbocycles. The van der Waals surface area contributed by atoms with Crippen LogP contribution in [0.15, 0.2) is 54.6 Å². The van der Waals surface area contributed by atoms with E-state index >= 15 is 0 Å². The second-order valence-corrected chi connectivity index (χ2v) is 8.24. The molecule has 0 spiro atoms. The summed E-state index contributed by atoms with van der Waals surface area (Å²) in [6.07, 6.45) is 0.909. The molecule has 2 heterocycles. The minimum atomic E-state index is -0.120. The topological polar surface area (TPSA) is 48.5 Å². The summed E-state index contributed by atoms with van der Waals surface area (Å²) in [5.41, 5.74) is 2.41. The van der Waals surface area contributed by atoms with Crippen molar-refractivity contribution >= 4 is 45.7 Å². The molecule has 3 aromatic rings. The number of fused-ring (bicyclic) bond motifs is 1. The van der Waals surface area contributed by atoms with Gasteiger partial charge in [0.15, 0.2) is 0 Å². The van der Waals surface area contributed by atoms with Gasteiger partial charge >= 0.3 is 0 Å². The number of aromatic nitrogens is 1. The van der Waals surface area contributed by atoms with Crippen molar-refractivity contribution in [2.75, 3.05) is 44.2 Å². The number of pyridine rings is 1. The van der Waals surface area contributed by atoms with E-state index in [-0.39, 0.29) is 5.91 Å². The third-order valence-corrected chi connectivity index (χ3v) is 6.15. The zero-order chi connectivity index (χ0) is 20.9. The number of rotatable bonds is 6. The van der Waals surface area contributed by atoms with E-state index in [2.05, 4.69) is 20.1 Å². The van der Waals surface area contributed by atoms with E-state index in [4.69, 9.17) is 23.2 Å². The van der Waals surface area contributed by atoms with Gasteiger partial charge in [0.25, 0.3) is 5.91 Å². The Morgan fingerprint density at radius 3 is 2.57 bits per heavy atom. The van der Waals surface area contributed by atoms with Crippen molar-refractivity contribution in [3.05, 3.63) is 70.3 Å². The summed E-state index contributed by atoms with van der Waals surface area (Å²) < 4.78 is 0. The maximum absolute atomic E-state index is 12.4. The molecule has 30 heavy (non-hydrogen) atoms. The molecular weight excluding hydrogens is 419 g/mol. The summed E-state index contributed by atoms with van der Waals surface area (Å²) >= 11 is 12.1. The Labute approximate surface area is 186 Å². The second-order valence-electron chi connectivity index (χ2n) is 7.43. The molecule has 1 aliphatic rings. The molecule has 1 aliphatic heterocycles. The van der Waals surface area contributed by atoms with Crippen molar-refractivity contribution < 1.29 is 4.79 Å². The third-order valence-electron chi connectivity index (χ3n) is 5.41. The number of hydrogen-bond acceptors (Lipinski definition) is 4. The van der Waals surface area contributed by atoms with Gasteiger partial charge in [-0.1, -0.05) is 47.5 Å². The number of carbonyl (C=O) groups is 1. The standard InChI is InChI=1S/C23H24Cl2N4O/c24-19-8-7-18(16-20(19)25)29-14-12-28(13-15-29)11-3-10-26-23(30)22-9-6-17-4-1-2-5-21(17)27-22/h1-2,4-9,16H,3,10-15H2,(H,26,30). The minimum absolute atomic E-state index is 0.120. The third kappa shape index (κ3) is 5.04. The predicted octanol–water partition coefficient (Wildman–Crippen LogP) is 4.48. The number of amides is 1. The van der Waals surface area contributed by atoms with E-state index in [1.54, 1.807) is 6.07 Å². The average Bonchev–Trinajstić information content (AvgIpc) is 2.78. The van der Waals surface area contributed by atoms with Crippen LogP contribution >= 0.6 is 23.2 Å². The highest BCUT2D eigenvalue weighted by molar-refractivity contribution is 6.42. The summed E-state index contributed by atoms with van der Waals surface area (Å²) in [6.45, 7) is 5.47. The molecule has 1 aromatic heterocycles. The second kappa shape index (κ2) is 9.65. The zero-order valence-electron chi connectivity index (χ0n) is 16.7. The van der Waals surface area contributed by atoms with Crippen LogP contribution in [0.4, 0.5) is 5.69 Å². The largest absolute Gasteiger partial charge is 0.369 e. The molecule has 7 heteroatoms. The van der Waals surface area contributed by atoms with Gasteiger partial charge in [-0.2, -0.15) is 0 Å². The van der Waals surface area contributed by atoms with Gasteiger partial charge in [-0.05, 0) is 43.3 Å². The van der Waals surface area contributed by atoms with Crippen molar-refractivity contribution in [1.82, 2.24) is 15.2 Å². The molecular formula is C23H24Cl2N4O. The lowest BCUT2D eigenvalue weighted by molar-refractivity contribution is 0.0947. The fraction of sp³-hybridized carbons (Fsp3) is 0.304. The Balaban J connectivity index is 1.19. The number of para-hydroxylation sites is 1. The quantitative estimate of drug-likeness (QED) is 0.571. The van der Waals surface area contributed by atoms with Crippen LogP contribution in [0.3, 0.4) is 0 Å². The van der Waals surface area contributed by atoms with Crippen LogP contribution in [0.1, 0.15) is 16.9 Å². The fourth-order valence-corrected chi connectivity index (χ4v) is 3.99. The summed E-state index contributed by atoms with van der Waals surface area (Å²) in [5, 5.41) is 5.19. The van der Waals surface area contributed by atoms with Crippen LogP contribution in [-0.4, -0.2) is 55.1 Å². The first-order valence-corrected chi connectivity index (χ1v) is 10.9. The van der Waals surface area contributed by atoms with Crippen molar-refractivity contribution in [1.29, 1.82) is 0 Å². The number of nitrogens with zero attached hydrogens (tertiary/aromatic N) is 3. The average molecular weight is 443 g/mol. The Kier molecular flexibility index (Phi) is 6.72. The minimum Gasteiger partial charge on any atom is -0.369 e. The van der Waals surface area contributed by atoms with E-state index < -0.39 is 0 Å². The monoisotopic (exact) mass is 442 g/mol. The highest BCUT2D eigenvalue weighted by Crippen LogP contribution is 2.27. The predicted molar refractivity (Wildman–Crippen MR) is 124 cm³/mol. The van der Waals surface area contributed by atoms with E-state index in [0.717, 1.165) is 55.7 Å². The van der Waals surface area contributed by atoms with Gasteiger partial charge in [-0.3, -0.25) is 9.69 Å². The number of halogens is 2. The zero-order valence-corrected chi connectivity index (χ0v) is 18.2. The van der Waals surface area contributed by atoms with Gasteiger partial charge in [0.1, 0.15) is 5.69 Å². The lowest BCUT2D eigenvalue weighted by Crippen LogP contribution is -2.47. The molecule has 0 atom stereocenters. The van der Waals surface area contributed by atoms with E-state index in [1.165, 1.54) is 0 Å². The van der Waals surface area contributed by atoms with Gasteiger partial charge in [-0.25, -0.2) is 4.98 Å². The van der Waals surface area contributed by atoms with Gasteiger partial charge in [-0.15, -0.1) is 0 Å². The van der Waals surface area contributed by atoms with Gasteiger partial charge in [0.2, 0.25) is 0 Å². The van der Waals surface area contributed by atoms with E-state index in [0.29, 0.717) is 22.3 Å². The van der Waals surface area contributed by atoms with Crippen LogP contribution in [0.25, 0.3) is 10.9 Å². The summed E-state index contributed by atoms with van der Waals surface area (Å²) in [7, 11) is 0. The normalized spacial score (nSPS) is 14.8. The first-order chi connectivity index (χ1) is 14.6. The Hall–Kier alpha value is -2.34. The molecule has 1 amide bonds. The summed E-state index contributed by atoms with van der Waals surface area (Å²) in [4.78, 5) is 21.6. The molecule has 156 valence electrons. The number of piperazine rings is 1. The van der Waals surface area contributed by atoms with E-state index in [9.17, 15) is 4.79 Å². The maximum Gasteiger partial charge on any atom is 0.269 e. The van der Waals surface area contributed by atoms with Crippen LogP contribution in [0, 0.1) is 0 Å². The highest BCUT2D eigenvalue weighted by atomic mass is 35.5. The smallest absolute Gasteiger partial charge is 0.269 e. The molecule has 0 unspecified atom stereocenters. The van der Waals surface area contributed by atoms with Crippen LogP contribution in [0.2, 0.25) is 10.0 Å². The van der Waals surface area contributed by atoms with Crippen LogP contribution < -0.4 is 10.2 Å². The highest BCUT2D eigenvalue weighted by Gasteiger charge is 2.17. The number of anilines is 1. The molecule has 1 saturated heterocycles. The van der Waals surface area contributed by atoms with Crippen molar-refractivity contribution in [2.24, 2.45) is 0 Å². The van der Waals surface area contributed by atoms with Crippen molar-refractivity contribution in [3.63, 3.8) is 0 Å². The lowest BCUT2D eigenvalue weighted by atomic mass is 10.2. The molecule has 0 bridgehead atoms. The van der Waals surface area contributed by atoms with Crippen LogP contribution in [0.5, 0.6) is 0 Å². The van der Waals surface area contributed by atoms with Gasteiger partial charge in [0.05, 0.1) is 15.6 Å². The first kappa shape index (κ1) is 20.9. The SMILES string of the molecule is O=C(NCCCN1CCN(c2ccc(Cl)c(Cl)c2)CC1)c1ccc2ccccc2n1. The van der Waals surface area contributed by atoms with Crippen molar-refractivity contribution in [3.8, 4) is 0 Å². The summed E-state index contributed by atoms with van der Waals surface area (Å²) in [6, 6.07) is 17.3. The number of nitrogens with one attached hydrogen (secondary N) is 1. The molecule has 0 aliphatic carbocycles. The van der Waals surface area contributed by atoms with Gasteiger partial charge in [0, 0.05) is 43.8 Å². The van der Waals surface area contributed by atoms with Crippen molar-refractivity contribution in [2.45, 2.75) is 6.42 Å². The van der Waals surface area contributed by atoms with Gasteiger partial charge < -0.3 is 10.2 Å². The Morgan fingerprint density at radius 1 is 0.967 bits per heavy atom. The number of hydrogen-bond donors (Lipinski definition) is 1. The molecule has 1 fully saturated rings. The van der Waals surface area contributed by atoms with E-state index in [1.807, 2.05) is 48.5 Å². The lowest BCUT2D eigenvalue weighted by Gasteiger charge is -2.36. The molecule has 5 nitrogen and oxygen atoms in total. The molecule has 2 aromatic carbocycles. The fourth-order valence-electron chi connectivity index (χ4n) is 3.70. The number of carbonyl (C=O) groups excluding carboxylic acids is 1. The number of benzene rings is 2. The maximum atomic E-state index is 12.4. The Morgan fingerprint density at radius 2 is 1.77 bits per heavy atom. The molecule has 4 rings (SSSR count). The van der Waals surface area contributed by atoms with Crippen LogP contribution in [-0.2, 0) is 0 Å². The first-order valence-electron chi connectivity index (χ1n) is 10.2. The summed E-state index contributed by atoms with van der Waals surface area (Å²) in [5.74, 6) is -0.120.